The summed E-state index contributed by atoms with van der Waals surface area (Å²) >= 11 is 0. The highest BCUT2D eigenvalue weighted by Crippen LogP contribution is 2.24. The maximum absolute atomic E-state index is 12.5. The van der Waals surface area contributed by atoms with Gasteiger partial charge in [-0.2, -0.15) is 0 Å². The largest absolute Gasteiger partial charge is 0.366 e. The maximum atomic E-state index is 12.5. The second kappa shape index (κ2) is 8.38. The Bertz CT molecular complexity index is 843. The number of pyridine rings is 1. The highest BCUT2D eigenvalue weighted by molar-refractivity contribution is 5.94. The number of allylic oxidation sites excluding steroid dienone is 1. The minimum atomic E-state index is -0.0295. The standard InChI is InChI=1S/C23H27N3O/c27-23(25-12-10-18-6-2-1-3-7-18)21-14-22(16-24-15-21)26-13-11-19-8-4-5-9-20(19)17-26/h4-6,8-9,14-16H,1-3,7,10-13,17H2,(H,25,27). The monoisotopic (exact) mass is 361 g/mol. The molecule has 2 aliphatic rings. The molecule has 1 N–H and O–H groups in total. The van der Waals surface area contributed by atoms with Crippen molar-refractivity contribution < 1.29 is 4.79 Å². The molecule has 0 saturated carbocycles. The first-order valence-electron chi connectivity index (χ1n) is 10.0. The number of fused-ring (bicyclic) bond motifs is 1. The van der Waals surface area contributed by atoms with E-state index in [1.54, 1.807) is 6.20 Å². The average Bonchev–Trinajstić information content (AvgIpc) is 2.74. The van der Waals surface area contributed by atoms with Crippen LogP contribution in [0.25, 0.3) is 0 Å². The van der Waals surface area contributed by atoms with Gasteiger partial charge in [0.15, 0.2) is 0 Å². The van der Waals surface area contributed by atoms with E-state index in [9.17, 15) is 4.79 Å². The van der Waals surface area contributed by atoms with Gasteiger partial charge < -0.3 is 10.2 Å². The van der Waals surface area contributed by atoms with E-state index in [0.29, 0.717) is 12.1 Å². The summed E-state index contributed by atoms with van der Waals surface area (Å²) in [7, 11) is 0. The van der Waals surface area contributed by atoms with Crippen molar-refractivity contribution >= 4 is 11.6 Å². The molecule has 27 heavy (non-hydrogen) atoms. The van der Waals surface area contributed by atoms with Crippen molar-refractivity contribution in [3.05, 3.63) is 71.1 Å². The smallest absolute Gasteiger partial charge is 0.252 e. The number of carbonyl (C=O) groups excluding carboxylic acids is 1. The number of anilines is 1. The number of benzene rings is 1. The van der Waals surface area contributed by atoms with E-state index in [2.05, 4.69) is 45.5 Å². The fourth-order valence-corrected chi connectivity index (χ4v) is 4.01. The topological polar surface area (TPSA) is 45.2 Å². The lowest BCUT2D eigenvalue weighted by molar-refractivity contribution is 0.0953. The fourth-order valence-electron chi connectivity index (χ4n) is 4.01. The van der Waals surface area contributed by atoms with E-state index in [1.165, 1.54) is 42.4 Å². The van der Waals surface area contributed by atoms with Crippen LogP contribution in [0.5, 0.6) is 0 Å². The van der Waals surface area contributed by atoms with Crippen molar-refractivity contribution in [1.82, 2.24) is 10.3 Å². The SMILES string of the molecule is O=C(NCCC1=CCCCC1)c1cncc(N2CCc3ccccc3C2)c1. The van der Waals surface area contributed by atoms with Crippen LogP contribution < -0.4 is 10.2 Å². The molecule has 0 fully saturated rings. The van der Waals surface area contributed by atoms with Crippen LogP contribution in [0.4, 0.5) is 5.69 Å². The fraction of sp³-hybridized carbons (Fsp3) is 0.391. The molecule has 0 bridgehead atoms. The van der Waals surface area contributed by atoms with Gasteiger partial charge in [0, 0.05) is 25.8 Å². The zero-order valence-corrected chi connectivity index (χ0v) is 15.8. The third-order valence-corrected chi connectivity index (χ3v) is 5.60. The molecular weight excluding hydrogens is 334 g/mol. The predicted molar refractivity (Wildman–Crippen MR) is 109 cm³/mol. The Morgan fingerprint density at radius 1 is 1.11 bits per heavy atom. The third-order valence-electron chi connectivity index (χ3n) is 5.60. The molecule has 4 rings (SSSR count). The van der Waals surface area contributed by atoms with Crippen LogP contribution in [0.15, 0.2) is 54.4 Å². The summed E-state index contributed by atoms with van der Waals surface area (Å²) in [5.74, 6) is -0.0295. The van der Waals surface area contributed by atoms with Gasteiger partial charge in [0.25, 0.3) is 5.91 Å². The number of rotatable bonds is 5. The van der Waals surface area contributed by atoms with Gasteiger partial charge in [-0.15, -0.1) is 0 Å². The van der Waals surface area contributed by atoms with Crippen LogP contribution in [0.2, 0.25) is 0 Å². The molecule has 1 aliphatic heterocycles. The first-order valence-corrected chi connectivity index (χ1v) is 10.0. The van der Waals surface area contributed by atoms with Gasteiger partial charge in [-0.1, -0.05) is 35.9 Å². The van der Waals surface area contributed by atoms with Crippen molar-refractivity contribution in [2.45, 2.75) is 45.1 Å². The predicted octanol–water partition coefficient (Wildman–Crippen LogP) is 4.26. The molecule has 1 aromatic heterocycles. The summed E-state index contributed by atoms with van der Waals surface area (Å²) in [5.41, 5.74) is 5.93. The van der Waals surface area contributed by atoms with Crippen molar-refractivity contribution in [1.29, 1.82) is 0 Å². The van der Waals surface area contributed by atoms with Crippen LogP contribution in [-0.4, -0.2) is 24.0 Å². The highest BCUT2D eigenvalue weighted by atomic mass is 16.1. The molecule has 4 nitrogen and oxygen atoms in total. The molecule has 0 saturated heterocycles. The van der Waals surface area contributed by atoms with E-state index in [1.807, 2.05) is 12.3 Å². The maximum Gasteiger partial charge on any atom is 0.252 e. The minimum Gasteiger partial charge on any atom is -0.366 e. The molecule has 0 unspecified atom stereocenters. The van der Waals surface area contributed by atoms with E-state index in [4.69, 9.17) is 0 Å². The lowest BCUT2D eigenvalue weighted by Crippen LogP contribution is -2.31. The number of amides is 1. The Kier molecular flexibility index (Phi) is 5.52. The van der Waals surface area contributed by atoms with Crippen LogP contribution in [0.3, 0.4) is 0 Å². The summed E-state index contributed by atoms with van der Waals surface area (Å²) in [5, 5.41) is 3.05. The summed E-state index contributed by atoms with van der Waals surface area (Å²) < 4.78 is 0. The number of carbonyl (C=O) groups is 1. The molecule has 0 atom stereocenters. The quantitative estimate of drug-likeness (QED) is 0.809. The van der Waals surface area contributed by atoms with Gasteiger partial charge >= 0.3 is 0 Å². The number of nitrogens with zero attached hydrogens (tertiary/aromatic N) is 2. The van der Waals surface area contributed by atoms with Gasteiger partial charge in [-0.05, 0) is 55.7 Å². The van der Waals surface area contributed by atoms with Crippen LogP contribution in [0.1, 0.15) is 53.6 Å². The normalized spacial score (nSPS) is 16.4. The van der Waals surface area contributed by atoms with E-state index < -0.39 is 0 Å². The Balaban J connectivity index is 1.37. The van der Waals surface area contributed by atoms with Gasteiger partial charge in [0.2, 0.25) is 0 Å². The van der Waals surface area contributed by atoms with Gasteiger partial charge in [0.05, 0.1) is 17.4 Å². The Hall–Kier alpha value is -2.62. The van der Waals surface area contributed by atoms with Gasteiger partial charge in [-0.3, -0.25) is 9.78 Å². The summed E-state index contributed by atoms with van der Waals surface area (Å²) in [6.07, 6.45) is 12.8. The zero-order valence-electron chi connectivity index (χ0n) is 15.8. The van der Waals surface area contributed by atoms with E-state index in [0.717, 1.165) is 31.6 Å². The third kappa shape index (κ3) is 4.38. The van der Waals surface area contributed by atoms with Crippen LogP contribution >= 0.6 is 0 Å². The van der Waals surface area contributed by atoms with Crippen molar-refractivity contribution in [2.75, 3.05) is 18.0 Å². The first kappa shape index (κ1) is 17.8. The lowest BCUT2D eigenvalue weighted by Gasteiger charge is -2.30. The average molecular weight is 361 g/mol. The molecule has 2 aromatic rings. The molecule has 1 amide bonds. The van der Waals surface area contributed by atoms with E-state index >= 15 is 0 Å². The van der Waals surface area contributed by atoms with Crippen molar-refractivity contribution in [3.63, 3.8) is 0 Å². The molecule has 0 radical (unpaired) electrons. The summed E-state index contributed by atoms with van der Waals surface area (Å²) in [6, 6.07) is 10.6. The number of hydrogen-bond donors (Lipinski definition) is 1. The van der Waals surface area contributed by atoms with Crippen molar-refractivity contribution in [3.8, 4) is 0 Å². The van der Waals surface area contributed by atoms with E-state index in [-0.39, 0.29) is 5.91 Å². The van der Waals surface area contributed by atoms with Gasteiger partial charge in [0.1, 0.15) is 0 Å². The lowest BCUT2D eigenvalue weighted by atomic mass is 9.97. The molecule has 140 valence electrons. The Morgan fingerprint density at radius 3 is 2.85 bits per heavy atom. The number of aromatic nitrogens is 1. The van der Waals surface area contributed by atoms with Gasteiger partial charge in [-0.25, -0.2) is 0 Å². The second-order valence-electron chi connectivity index (χ2n) is 7.49. The number of nitrogens with one attached hydrogen (secondary N) is 1. The van der Waals surface area contributed by atoms with Crippen LogP contribution in [0, 0.1) is 0 Å². The summed E-state index contributed by atoms with van der Waals surface area (Å²) in [6.45, 7) is 2.53. The highest BCUT2D eigenvalue weighted by Gasteiger charge is 2.17. The zero-order chi connectivity index (χ0) is 18.5. The molecule has 0 spiro atoms. The molecular formula is C23H27N3O. The molecule has 1 aromatic carbocycles. The molecule has 4 heteroatoms. The van der Waals surface area contributed by atoms with Crippen LogP contribution in [-0.2, 0) is 13.0 Å². The Morgan fingerprint density at radius 2 is 2.00 bits per heavy atom. The molecule has 2 heterocycles. The van der Waals surface area contributed by atoms with Crippen molar-refractivity contribution in [2.24, 2.45) is 0 Å². The minimum absolute atomic E-state index is 0.0295. The summed E-state index contributed by atoms with van der Waals surface area (Å²) in [4.78, 5) is 19.2. The second-order valence-corrected chi connectivity index (χ2v) is 7.49. The molecule has 1 aliphatic carbocycles. The number of hydrogen-bond acceptors (Lipinski definition) is 3. The Labute approximate surface area is 161 Å². The first-order chi connectivity index (χ1) is 13.3.